The molecule has 0 atom stereocenters. The first-order chi connectivity index (χ1) is 7.33. The highest BCUT2D eigenvalue weighted by atomic mass is 16.5. The molecular weight excluding hydrogens is 194 g/mol. The predicted molar refractivity (Wildman–Crippen MR) is 56.2 cm³/mol. The van der Waals surface area contributed by atoms with Crippen molar-refractivity contribution >= 4 is 0 Å². The third-order valence-corrected chi connectivity index (χ3v) is 1.82. The van der Waals surface area contributed by atoms with Crippen molar-refractivity contribution in [1.82, 2.24) is 25.5 Å². The summed E-state index contributed by atoms with van der Waals surface area (Å²) in [4.78, 5) is 1.46. The van der Waals surface area contributed by atoms with Crippen LogP contribution in [0.1, 0.15) is 25.6 Å². The molecule has 15 heavy (non-hydrogen) atoms. The summed E-state index contributed by atoms with van der Waals surface area (Å²) in [5.74, 6) is 0.729. The smallest absolute Gasteiger partial charge is 0.188 e. The van der Waals surface area contributed by atoms with E-state index in [1.807, 2.05) is 0 Å². The molecule has 0 aliphatic rings. The van der Waals surface area contributed by atoms with Gasteiger partial charge in [-0.25, -0.2) is 0 Å². The zero-order valence-electron chi connectivity index (χ0n) is 9.44. The normalized spacial score (nSPS) is 10.8. The molecule has 0 aromatic carbocycles. The third kappa shape index (κ3) is 5.44. The lowest BCUT2D eigenvalue weighted by Gasteiger charge is -2.02. The molecular formula is C9H19N5O. The van der Waals surface area contributed by atoms with Crippen LogP contribution in [0.25, 0.3) is 0 Å². The van der Waals surface area contributed by atoms with Crippen LogP contribution < -0.4 is 5.32 Å². The fraction of sp³-hybridized carbons (Fsp3) is 0.889. The number of rotatable bonds is 8. The van der Waals surface area contributed by atoms with Crippen molar-refractivity contribution in [3.63, 3.8) is 0 Å². The summed E-state index contributed by atoms with van der Waals surface area (Å²) in [6, 6.07) is 0. The minimum absolute atomic E-state index is 0.668. The van der Waals surface area contributed by atoms with Gasteiger partial charge in [0, 0.05) is 13.2 Å². The number of tetrazole rings is 1. The van der Waals surface area contributed by atoms with Crippen molar-refractivity contribution < 1.29 is 4.74 Å². The number of aromatic nitrogens is 4. The average molecular weight is 213 g/mol. The Morgan fingerprint density at radius 3 is 2.93 bits per heavy atom. The van der Waals surface area contributed by atoms with E-state index in [1.165, 1.54) is 4.80 Å². The van der Waals surface area contributed by atoms with Crippen molar-refractivity contribution in [3.05, 3.63) is 5.82 Å². The Morgan fingerprint density at radius 1 is 1.40 bits per heavy atom. The molecule has 0 aliphatic heterocycles. The van der Waals surface area contributed by atoms with Crippen molar-refractivity contribution in [1.29, 1.82) is 0 Å². The van der Waals surface area contributed by atoms with E-state index < -0.39 is 0 Å². The fourth-order valence-corrected chi connectivity index (χ4v) is 1.14. The molecule has 1 aromatic rings. The maximum absolute atomic E-state index is 5.35. The quantitative estimate of drug-likeness (QED) is 0.621. The number of aryl methyl sites for hydroxylation is 1. The van der Waals surface area contributed by atoms with Crippen molar-refractivity contribution in [2.24, 2.45) is 7.05 Å². The van der Waals surface area contributed by atoms with E-state index >= 15 is 0 Å². The standard InChI is InChI=1S/C9H19N5O/c1-3-6-15-7-4-5-10-8-9-11-13-14(2)12-9/h10H,3-8H2,1-2H3. The lowest BCUT2D eigenvalue weighted by molar-refractivity contribution is 0.132. The van der Waals surface area contributed by atoms with Crippen molar-refractivity contribution in [3.8, 4) is 0 Å². The second-order valence-corrected chi connectivity index (χ2v) is 3.34. The van der Waals surface area contributed by atoms with E-state index in [9.17, 15) is 0 Å². The summed E-state index contributed by atoms with van der Waals surface area (Å²) in [5, 5.41) is 14.9. The Hall–Kier alpha value is -1.01. The molecule has 0 aliphatic carbocycles. The molecule has 1 rings (SSSR count). The van der Waals surface area contributed by atoms with Gasteiger partial charge >= 0.3 is 0 Å². The summed E-state index contributed by atoms with van der Waals surface area (Å²) < 4.78 is 5.35. The van der Waals surface area contributed by atoms with E-state index in [0.29, 0.717) is 6.54 Å². The summed E-state index contributed by atoms with van der Waals surface area (Å²) in [6.45, 7) is 5.36. The molecule has 0 fully saturated rings. The van der Waals surface area contributed by atoms with Gasteiger partial charge < -0.3 is 10.1 Å². The second kappa shape index (κ2) is 7.30. The summed E-state index contributed by atoms with van der Waals surface area (Å²) in [5.41, 5.74) is 0. The van der Waals surface area contributed by atoms with Crippen molar-refractivity contribution in [2.75, 3.05) is 19.8 Å². The van der Waals surface area contributed by atoms with E-state index in [-0.39, 0.29) is 0 Å². The maximum Gasteiger partial charge on any atom is 0.188 e. The molecule has 0 spiro atoms. The van der Waals surface area contributed by atoms with Crippen LogP contribution in [0.3, 0.4) is 0 Å². The lowest BCUT2D eigenvalue weighted by Crippen LogP contribution is -2.17. The Morgan fingerprint density at radius 2 is 2.27 bits per heavy atom. The maximum atomic E-state index is 5.35. The molecule has 0 unspecified atom stereocenters. The van der Waals surface area contributed by atoms with Crippen LogP contribution in [0.4, 0.5) is 0 Å². The van der Waals surface area contributed by atoms with E-state index in [1.54, 1.807) is 7.05 Å². The van der Waals surface area contributed by atoms with Gasteiger partial charge in [0.25, 0.3) is 0 Å². The first-order valence-electron chi connectivity index (χ1n) is 5.34. The van der Waals surface area contributed by atoms with Gasteiger partial charge in [0.15, 0.2) is 5.82 Å². The minimum atomic E-state index is 0.668. The molecule has 0 amide bonds. The topological polar surface area (TPSA) is 64.9 Å². The Labute approximate surface area is 90.0 Å². The van der Waals surface area contributed by atoms with Crippen LogP contribution in [0, 0.1) is 0 Å². The van der Waals surface area contributed by atoms with Gasteiger partial charge in [-0.2, -0.15) is 4.80 Å². The largest absolute Gasteiger partial charge is 0.381 e. The second-order valence-electron chi connectivity index (χ2n) is 3.34. The lowest BCUT2D eigenvalue weighted by atomic mass is 10.4. The SMILES string of the molecule is CCCOCCCNCc1nnn(C)n1. The predicted octanol–water partition coefficient (Wildman–Crippen LogP) is 0.116. The first kappa shape index (κ1) is 12.1. The van der Waals surface area contributed by atoms with Crippen LogP contribution >= 0.6 is 0 Å². The number of hydrogen-bond acceptors (Lipinski definition) is 5. The van der Waals surface area contributed by atoms with Gasteiger partial charge in [0.1, 0.15) is 0 Å². The third-order valence-electron chi connectivity index (χ3n) is 1.82. The molecule has 86 valence electrons. The van der Waals surface area contributed by atoms with Crippen LogP contribution in [0.2, 0.25) is 0 Å². The Balaban J connectivity index is 1.93. The van der Waals surface area contributed by atoms with E-state index in [2.05, 4.69) is 27.7 Å². The molecule has 6 heteroatoms. The number of nitrogens with one attached hydrogen (secondary N) is 1. The van der Waals surface area contributed by atoms with E-state index in [4.69, 9.17) is 4.74 Å². The van der Waals surface area contributed by atoms with Gasteiger partial charge in [-0.1, -0.05) is 6.92 Å². The number of ether oxygens (including phenoxy) is 1. The van der Waals surface area contributed by atoms with Crippen molar-refractivity contribution in [2.45, 2.75) is 26.3 Å². The Kier molecular flexibility index (Phi) is 5.87. The van der Waals surface area contributed by atoms with Crippen LogP contribution in [0.15, 0.2) is 0 Å². The highest BCUT2D eigenvalue weighted by Crippen LogP contribution is 1.86. The summed E-state index contributed by atoms with van der Waals surface area (Å²) >= 11 is 0. The minimum Gasteiger partial charge on any atom is -0.381 e. The Bertz CT molecular complexity index is 263. The monoisotopic (exact) mass is 213 g/mol. The molecule has 0 saturated heterocycles. The first-order valence-corrected chi connectivity index (χ1v) is 5.34. The van der Waals surface area contributed by atoms with Gasteiger partial charge in [-0.15, -0.1) is 10.2 Å². The average Bonchev–Trinajstić information content (AvgIpc) is 2.63. The molecule has 0 radical (unpaired) electrons. The highest BCUT2D eigenvalue weighted by Gasteiger charge is 1.98. The zero-order valence-corrected chi connectivity index (χ0v) is 9.44. The molecule has 0 saturated carbocycles. The van der Waals surface area contributed by atoms with Crippen LogP contribution in [0.5, 0.6) is 0 Å². The van der Waals surface area contributed by atoms with E-state index in [0.717, 1.165) is 38.4 Å². The molecule has 6 nitrogen and oxygen atoms in total. The fourth-order valence-electron chi connectivity index (χ4n) is 1.14. The summed E-state index contributed by atoms with van der Waals surface area (Å²) in [7, 11) is 1.76. The molecule has 1 heterocycles. The van der Waals surface area contributed by atoms with Gasteiger partial charge in [0.2, 0.25) is 0 Å². The number of nitrogens with zero attached hydrogens (tertiary/aromatic N) is 4. The molecule has 1 aromatic heterocycles. The van der Waals surface area contributed by atoms with Crippen LogP contribution in [-0.4, -0.2) is 40.0 Å². The van der Waals surface area contributed by atoms with Gasteiger partial charge in [-0.3, -0.25) is 0 Å². The van der Waals surface area contributed by atoms with Gasteiger partial charge in [-0.05, 0) is 24.6 Å². The van der Waals surface area contributed by atoms with Crippen LogP contribution in [-0.2, 0) is 18.3 Å². The van der Waals surface area contributed by atoms with Gasteiger partial charge in [0.05, 0.1) is 13.6 Å². The zero-order chi connectivity index (χ0) is 10.9. The summed E-state index contributed by atoms with van der Waals surface area (Å²) in [6.07, 6.45) is 2.09. The highest BCUT2D eigenvalue weighted by molar-refractivity contribution is 4.74. The molecule has 0 bridgehead atoms. The molecule has 1 N–H and O–H groups in total. The number of hydrogen-bond donors (Lipinski definition) is 1.